The number of esters is 1. The van der Waals surface area contributed by atoms with E-state index < -0.39 is 18.0 Å². The van der Waals surface area contributed by atoms with Crippen LogP contribution in [0.5, 0.6) is 0 Å². The molecule has 0 amide bonds. The van der Waals surface area contributed by atoms with Crippen LogP contribution >= 0.6 is 40.2 Å². The van der Waals surface area contributed by atoms with Gasteiger partial charge in [-0.2, -0.15) is 8.78 Å². The maximum absolute atomic E-state index is 14.2. The van der Waals surface area contributed by atoms with E-state index in [4.69, 9.17) is 16.4 Å². The number of halogens is 3. The maximum Gasteiger partial charge on any atom is 0.380 e. The topological polar surface area (TPSA) is 35.5 Å². The van der Waals surface area contributed by atoms with Gasteiger partial charge in [-0.15, -0.1) is 0 Å². The molecular formula is C13H13BrF2O3S2. The summed E-state index contributed by atoms with van der Waals surface area (Å²) >= 11 is 8.64. The Kier molecular flexibility index (Phi) is 7.19. The zero-order valence-corrected chi connectivity index (χ0v) is 14.5. The van der Waals surface area contributed by atoms with Gasteiger partial charge in [0.2, 0.25) is 0 Å². The van der Waals surface area contributed by atoms with Crippen molar-refractivity contribution in [1.82, 2.24) is 0 Å². The Balaban J connectivity index is 3.08. The van der Waals surface area contributed by atoms with E-state index in [0.29, 0.717) is 16.2 Å². The first-order valence-corrected chi connectivity index (χ1v) is 7.87. The molecule has 8 heteroatoms. The molecule has 1 atom stereocenters. The predicted molar refractivity (Wildman–Crippen MR) is 85.4 cm³/mol. The smallest absolute Gasteiger partial charge is 0.380 e. The molecule has 0 spiro atoms. The lowest BCUT2D eigenvalue weighted by Crippen LogP contribution is -2.38. The highest BCUT2D eigenvalue weighted by molar-refractivity contribution is 9.10. The van der Waals surface area contributed by atoms with Gasteiger partial charge < -0.3 is 4.74 Å². The Morgan fingerprint density at radius 3 is 2.48 bits per heavy atom. The van der Waals surface area contributed by atoms with E-state index in [-0.39, 0.29) is 12.2 Å². The fourth-order valence-corrected chi connectivity index (χ4v) is 2.26. The van der Waals surface area contributed by atoms with Crippen LogP contribution in [0, 0.1) is 0 Å². The fourth-order valence-electron chi connectivity index (χ4n) is 1.41. The van der Waals surface area contributed by atoms with E-state index in [2.05, 4.69) is 20.7 Å². The summed E-state index contributed by atoms with van der Waals surface area (Å²) < 4.78 is 39.0. The van der Waals surface area contributed by atoms with Gasteiger partial charge in [-0.05, 0) is 31.5 Å². The summed E-state index contributed by atoms with van der Waals surface area (Å²) in [7, 11) is 0. The Bertz CT molecular complexity index is 509. The number of rotatable bonds is 6. The summed E-state index contributed by atoms with van der Waals surface area (Å²) in [4.78, 5) is 11.5. The van der Waals surface area contributed by atoms with Crippen molar-refractivity contribution in [3.8, 4) is 0 Å². The monoisotopic (exact) mass is 398 g/mol. The number of hydrogen-bond acceptors (Lipinski definition) is 5. The normalized spacial score (nSPS) is 12.8. The molecule has 1 aromatic rings. The van der Waals surface area contributed by atoms with Gasteiger partial charge in [0, 0.05) is 16.5 Å². The van der Waals surface area contributed by atoms with Crippen molar-refractivity contribution in [2.24, 2.45) is 0 Å². The second kappa shape index (κ2) is 8.17. The van der Waals surface area contributed by atoms with Crippen molar-refractivity contribution >= 4 is 50.4 Å². The van der Waals surface area contributed by atoms with Crippen molar-refractivity contribution in [2.75, 3.05) is 6.61 Å². The van der Waals surface area contributed by atoms with Gasteiger partial charge in [0.25, 0.3) is 0 Å². The highest BCUT2D eigenvalue weighted by atomic mass is 79.9. The minimum atomic E-state index is -3.82. The van der Waals surface area contributed by atoms with Crippen molar-refractivity contribution in [3.63, 3.8) is 0 Å². The lowest BCUT2D eigenvalue weighted by molar-refractivity contribution is -0.185. The molecule has 0 aliphatic carbocycles. The minimum absolute atomic E-state index is 0.138. The zero-order valence-electron chi connectivity index (χ0n) is 11.3. The summed E-state index contributed by atoms with van der Waals surface area (Å²) in [6.07, 6.45) is -1.78. The average molecular weight is 399 g/mol. The van der Waals surface area contributed by atoms with Crippen LogP contribution in [-0.2, 0) is 13.7 Å². The molecule has 116 valence electrons. The van der Waals surface area contributed by atoms with E-state index >= 15 is 0 Å². The number of hydrogen-bond donors (Lipinski definition) is 0. The molecule has 0 aliphatic rings. The van der Waals surface area contributed by atoms with Crippen molar-refractivity contribution in [1.29, 1.82) is 0 Å². The standard InChI is InChI=1S/C13H13BrF2O3S2/c1-3-18-12(17)13(15,16)11(19-21-8(2)20)9-4-6-10(14)7-5-9/h4-7,11H,3H2,1-2H3. The maximum atomic E-state index is 14.2. The van der Waals surface area contributed by atoms with Crippen LogP contribution in [-0.4, -0.2) is 22.7 Å². The van der Waals surface area contributed by atoms with Gasteiger partial charge >= 0.3 is 11.9 Å². The Hall–Kier alpha value is -0.570. The first-order valence-electron chi connectivity index (χ1n) is 5.93. The summed E-state index contributed by atoms with van der Waals surface area (Å²) in [5.74, 6) is -5.44. The molecule has 1 aromatic carbocycles. The molecule has 0 radical (unpaired) electrons. The van der Waals surface area contributed by atoms with Gasteiger partial charge in [0.1, 0.15) is 0 Å². The Morgan fingerprint density at radius 2 is 2.00 bits per heavy atom. The summed E-state index contributed by atoms with van der Waals surface area (Å²) in [6.45, 7) is 2.86. The molecule has 1 unspecified atom stereocenters. The van der Waals surface area contributed by atoms with Gasteiger partial charge in [0.15, 0.2) is 6.10 Å². The molecule has 0 saturated heterocycles. The SMILES string of the molecule is CCOC(=O)C(F)(F)C(OSC(C)=S)c1ccc(Br)cc1. The number of benzene rings is 1. The second-order valence-electron chi connectivity index (χ2n) is 3.95. The highest BCUT2D eigenvalue weighted by Gasteiger charge is 2.51. The molecule has 0 aromatic heterocycles. The molecular weight excluding hydrogens is 386 g/mol. The van der Waals surface area contributed by atoms with Crippen LogP contribution in [0.15, 0.2) is 28.7 Å². The summed E-state index contributed by atoms with van der Waals surface area (Å²) in [6, 6.07) is 6.06. The van der Waals surface area contributed by atoms with Crippen LogP contribution in [0.25, 0.3) is 0 Å². The Morgan fingerprint density at radius 1 is 1.43 bits per heavy atom. The van der Waals surface area contributed by atoms with Crippen LogP contribution < -0.4 is 0 Å². The number of carbonyl (C=O) groups excluding carboxylic acids is 1. The second-order valence-corrected chi connectivity index (χ2v) is 6.70. The zero-order chi connectivity index (χ0) is 16.0. The van der Waals surface area contributed by atoms with Crippen molar-refractivity contribution in [2.45, 2.75) is 25.9 Å². The van der Waals surface area contributed by atoms with E-state index in [9.17, 15) is 13.6 Å². The van der Waals surface area contributed by atoms with Gasteiger partial charge in [-0.25, -0.2) is 4.79 Å². The number of ether oxygens (including phenoxy) is 1. The molecule has 0 N–H and O–H groups in total. The van der Waals surface area contributed by atoms with Crippen LogP contribution in [0.1, 0.15) is 25.5 Å². The minimum Gasteiger partial charge on any atom is -0.461 e. The molecule has 0 aliphatic heterocycles. The van der Waals surface area contributed by atoms with E-state index in [0.717, 1.165) is 4.47 Å². The molecule has 0 saturated carbocycles. The number of thiocarbonyl (C=S) groups is 1. The quantitative estimate of drug-likeness (QED) is 0.394. The number of alkyl halides is 2. The van der Waals surface area contributed by atoms with Gasteiger partial charge in [-0.3, -0.25) is 4.18 Å². The third-order valence-electron chi connectivity index (χ3n) is 2.31. The molecule has 3 nitrogen and oxygen atoms in total. The van der Waals surface area contributed by atoms with Crippen LogP contribution in [0.4, 0.5) is 8.78 Å². The highest BCUT2D eigenvalue weighted by Crippen LogP contribution is 2.39. The first kappa shape index (κ1) is 18.5. The van der Waals surface area contributed by atoms with Crippen LogP contribution in [0.2, 0.25) is 0 Å². The Labute approximate surface area is 139 Å². The van der Waals surface area contributed by atoms with E-state index in [1.54, 1.807) is 19.1 Å². The van der Waals surface area contributed by atoms with Crippen molar-refractivity contribution < 1.29 is 22.5 Å². The van der Waals surface area contributed by atoms with Gasteiger partial charge in [0.05, 0.1) is 10.8 Å². The van der Waals surface area contributed by atoms with Crippen molar-refractivity contribution in [3.05, 3.63) is 34.3 Å². The predicted octanol–water partition coefficient (Wildman–Crippen LogP) is 4.70. The van der Waals surface area contributed by atoms with E-state index in [1.807, 2.05) is 0 Å². The molecule has 0 bridgehead atoms. The lowest BCUT2D eigenvalue weighted by atomic mass is 10.0. The number of carbonyl (C=O) groups is 1. The third-order valence-corrected chi connectivity index (χ3v) is 3.57. The molecule has 1 rings (SSSR count). The third kappa shape index (κ3) is 5.28. The summed E-state index contributed by atoms with van der Waals surface area (Å²) in [5, 5.41) is 0. The summed E-state index contributed by atoms with van der Waals surface area (Å²) in [5.41, 5.74) is 0.153. The molecule has 21 heavy (non-hydrogen) atoms. The first-order chi connectivity index (χ1) is 9.78. The van der Waals surface area contributed by atoms with Crippen LogP contribution in [0.3, 0.4) is 0 Å². The molecule has 0 fully saturated rings. The lowest BCUT2D eigenvalue weighted by Gasteiger charge is -2.24. The van der Waals surface area contributed by atoms with Gasteiger partial charge in [-0.1, -0.05) is 40.3 Å². The molecule has 0 heterocycles. The largest absolute Gasteiger partial charge is 0.461 e. The fraction of sp³-hybridized carbons (Fsp3) is 0.385. The average Bonchev–Trinajstić information content (AvgIpc) is 2.40. The van der Waals surface area contributed by atoms with E-state index in [1.165, 1.54) is 19.1 Å².